The van der Waals surface area contributed by atoms with Gasteiger partial charge in [-0.25, -0.2) is 18.7 Å². The average molecular weight is 725 g/mol. The van der Waals surface area contributed by atoms with Crippen molar-refractivity contribution in [3.8, 4) is 34.3 Å². The van der Waals surface area contributed by atoms with E-state index in [-0.39, 0.29) is 80.1 Å². The van der Waals surface area contributed by atoms with Crippen LogP contribution in [0.15, 0.2) is 60.7 Å². The number of methoxy groups -OCH3 is 2. The number of aryl methyl sites for hydroxylation is 2. The molecule has 0 atom stereocenters. The zero-order chi connectivity index (χ0) is 36.0. The predicted molar refractivity (Wildman–Crippen MR) is 182 cm³/mol. The number of hydrogen-bond donors (Lipinski definition) is 6. The maximum atomic E-state index is 15.6. The Bertz CT molecular complexity index is 2170. The zero-order valence-corrected chi connectivity index (χ0v) is 28.0. The number of rotatable bonds is 11. The second-order valence-electron chi connectivity index (χ2n) is 10.8. The number of carbonyl (C=O) groups is 2. The molecule has 2 aromatic heterocycles. The number of primary amides is 2. The van der Waals surface area contributed by atoms with Crippen LogP contribution in [0.5, 0.6) is 11.5 Å². The number of imidazole rings is 2. The number of benzene rings is 4. The number of fused-ring (bicyclic) bond motifs is 2. The number of carbonyl (C=O) groups excluding carboxylic acids is 2. The van der Waals surface area contributed by atoms with Crippen molar-refractivity contribution in [2.75, 3.05) is 14.2 Å². The largest absolute Gasteiger partial charge is 0.494 e. The first-order chi connectivity index (χ1) is 23.9. The number of halogens is 2. The number of aromatic nitrogens is 4. The van der Waals surface area contributed by atoms with Crippen LogP contribution in [0.2, 0.25) is 0 Å². The third-order valence-corrected chi connectivity index (χ3v) is 9.70. The smallest absolute Gasteiger partial charge is 0.252 e. The summed E-state index contributed by atoms with van der Waals surface area (Å²) in [7, 11) is -3.02. The van der Waals surface area contributed by atoms with E-state index < -0.39 is 40.2 Å². The first-order valence-electron chi connectivity index (χ1n) is 14.6. The highest BCUT2D eigenvalue weighted by Gasteiger charge is 2.28. The lowest BCUT2D eigenvalue weighted by atomic mass is 10.1. The second-order valence-corrected chi connectivity index (χ2v) is 12.9. The predicted octanol–water partition coefficient (Wildman–Crippen LogP) is 2.76. The maximum absolute atomic E-state index is 15.6. The van der Waals surface area contributed by atoms with Crippen molar-refractivity contribution in [3.63, 3.8) is 0 Å². The second kappa shape index (κ2) is 13.7. The van der Waals surface area contributed by atoms with Gasteiger partial charge in [0.25, 0.3) is 11.8 Å². The topological polar surface area (TPSA) is 221 Å². The van der Waals surface area contributed by atoms with Gasteiger partial charge in [0.05, 0.1) is 47.5 Å². The maximum Gasteiger partial charge on any atom is 0.252 e. The number of ether oxygens (including phenoxy) is 2. The van der Waals surface area contributed by atoms with Crippen LogP contribution in [0.25, 0.3) is 44.8 Å². The van der Waals surface area contributed by atoms with Crippen LogP contribution in [0.1, 0.15) is 20.7 Å². The van der Waals surface area contributed by atoms with Crippen molar-refractivity contribution in [3.05, 3.63) is 83.4 Å². The molecule has 4 aromatic carbocycles. The van der Waals surface area contributed by atoms with E-state index in [1.165, 1.54) is 62.8 Å². The van der Waals surface area contributed by atoms with Gasteiger partial charge in [-0.3, -0.25) is 9.59 Å². The van der Waals surface area contributed by atoms with Gasteiger partial charge in [-0.1, -0.05) is 12.1 Å². The molecule has 18 heteroatoms. The Hall–Kier alpha value is -5.08. The molecule has 0 bridgehead atoms. The molecule has 6 rings (SSSR count). The molecular weight excluding hydrogens is 696 g/mol. The zero-order valence-electron chi connectivity index (χ0n) is 26.2. The highest BCUT2D eigenvalue weighted by Crippen LogP contribution is 2.39. The van der Waals surface area contributed by atoms with Gasteiger partial charge in [-0.2, -0.15) is 0 Å². The van der Waals surface area contributed by atoms with E-state index in [0.29, 0.717) is 11.0 Å². The van der Waals surface area contributed by atoms with Crippen LogP contribution in [-0.4, -0.2) is 64.7 Å². The van der Waals surface area contributed by atoms with E-state index in [2.05, 4.69) is 9.97 Å². The molecular formula is C32H28F2N6O8P2. The van der Waals surface area contributed by atoms with Crippen LogP contribution in [0.3, 0.4) is 0 Å². The number of amides is 2. The van der Waals surface area contributed by atoms with E-state index in [0.717, 1.165) is 12.1 Å². The van der Waals surface area contributed by atoms with Crippen LogP contribution in [0.4, 0.5) is 8.78 Å². The fraction of sp³-hybridized carbons (Fsp3) is 0.125. The molecule has 258 valence electrons. The van der Waals surface area contributed by atoms with Gasteiger partial charge >= 0.3 is 0 Å². The number of nitrogens with two attached hydrogens (primary N) is 2. The molecule has 2 amide bonds. The highest BCUT2D eigenvalue weighted by molar-refractivity contribution is 7.54. The van der Waals surface area contributed by atoms with Crippen molar-refractivity contribution in [1.82, 2.24) is 19.1 Å². The standard InChI is InChI=1S/C32H28F2N6O8P2/c1-47-27-15(29(35)41)9-11-19-25(27)37-31(23-17(33)5-3-7-21(23)49(43)44)39(19)13-14-40-20-12-10-16(30(36)42)28(48-2)26(20)38-32(40)24-18(34)6-4-8-22(24)50(45)46/h3-12,43-46H,13-14H2,1-2H3,(H2,35,41)(H2,36,42). The molecule has 0 unspecified atom stereocenters. The monoisotopic (exact) mass is 724 g/mol. The van der Waals surface area contributed by atoms with E-state index in [9.17, 15) is 29.2 Å². The van der Waals surface area contributed by atoms with Crippen LogP contribution >= 0.6 is 16.8 Å². The summed E-state index contributed by atoms with van der Waals surface area (Å²) in [5.41, 5.74) is 11.6. The van der Waals surface area contributed by atoms with Gasteiger partial charge in [0.2, 0.25) is 0 Å². The SMILES string of the molecule is COc1c(C(N)=O)ccc2c1nc(-c1c(F)cccc1P(O)O)n2CCn1c(-c2c(F)cccc2P(O)O)nc2c(OC)c(C(N)=O)ccc21. The van der Waals surface area contributed by atoms with Crippen molar-refractivity contribution < 1.29 is 47.4 Å². The summed E-state index contributed by atoms with van der Waals surface area (Å²) < 4.78 is 45.3. The Kier molecular flexibility index (Phi) is 9.51. The van der Waals surface area contributed by atoms with Gasteiger partial charge in [-0.15, -0.1) is 0 Å². The van der Waals surface area contributed by atoms with Gasteiger partial charge in [0.1, 0.15) is 34.3 Å². The van der Waals surface area contributed by atoms with E-state index in [1.54, 1.807) is 9.13 Å². The Labute approximate surface area is 284 Å². The third kappa shape index (κ3) is 5.81. The molecule has 50 heavy (non-hydrogen) atoms. The summed E-state index contributed by atoms with van der Waals surface area (Å²) in [5, 5.41) is -0.281. The summed E-state index contributed by atoms with van der Waals surface area (Å²) in [5.74, 6) is -3.41. The summed E-state index contributed by atoms with van der Waals surface area (Å²) in [6, 6.07) is 13.4. The number of hydrogen-bond acceptors (Lipinski definition) is 10. The Morgan fingerprint density at radius 2 is 1.06 bits per heavy atom. The van der Waals surface area contributed by atoms with E-state index >= 15 is 8.78 Å². The molecule has 0 aliphatic heterocycles. The minimum absolute atomic E-state index is 0.00381. The van der Waals surface area contributed by atoms with Gasteiger partial charge < -0.3 is 49.6 Å². The van der Waals surface area contributed by atoms with E-state index in [4.69, 9.17) is 20.9 Å². The lowest BCUT2D eigenvalue weighted by Gasteiger charge is -2.17. The Morgan fingerprint density at radius 1 is 0.680 bits per heavy atom. The minimum Gasteiger partial charge on any atom is -0.494 e. The lowest BCUT2D eigenvalue weighted by molar-refractivity contribution is 0.0989. The number of nitrogens with zero attached hydrogens (tertiary/aromatic N) is 4. The third-order valence-electron chi connectivity index (χ3n) is 8.10. The lowest BCUT2D eigenvalue weighted by Crippen LogP contribution is -2.16. The van der Waals surface area contributed by atoms with Crippen molar-refractivity contribution in [1.29, 1.82) is 0 Å². The normalized spacial score (nSPS) is 11.6. The molecule has 8 N–H and O–H groups in total. The van der Waals surface area contributed by atoms with Gasteiger partial charge in [0.15, 0.2) is 28.2 Å². The molecule has 0 radical (unpaired) electrons. The minimum atomic E-state index is -2.81. The quantitative estimate of drug-likeness (QED) is 0.107. The van der Waals surface area contributed by atoms with Crippen LogP contribution < -0.4 is 31.6 Å². The molecule has 0 saturated carbocycles. The molecule has 0 spiro atoms. The average Bonchev–Trinajstić information content (AvgIpc) is 3.63. The molecule has 0 aliphatic carbocycles. The van der Waals surface area contributed by atoms with Crippen molar-refractivity contribution >= 4 is 61.2 Å². The molecule has 14 nitrogen and oxygen atoms in total. The summed E-state index contributed by atoms with van der Waals surface area (Å²) in [6.07, 6.45) is 0. The van der Waals surface area contributed by atoms with Crippen molar-refractivity contribution in [2.45, 2.75) is 13.1 Å². The fourth-order valence-electron chi connectivity index (χ4n) is 5.97. The van der Waals surface area contributed by atoms with Crippen LogP contribution in [0, 0.1) is 11.6 Å². The van der Waals surface area contributed by atoms with Gasteiger partial charge in [-0.05, 0) is 48.5 Å². The highest BCUT2D eigenvalue weighted by atomic mass is 31.2. The molecule has 0 saturated heterocycles. The van der Waals surface area contributed by atoms with Crippen LogP contribution in [-0.2, 0) is 13.1 Å². The summed E-state index contributed by atoms with van der Waals surface area (Å²) >= 11 is 0. The first-order valence-corrected chi connectivity index (χ1v) is 17.1. The Morgan fingerprint density at radius 3 is 1.38 bits per heavy atom. The first kappa shape index (κ1) is 34.8. The van der Waals surface area contributed by atoms with Crippen molar-refractivity contribution in [2.24, 2.45) is 11.5 Å². The molecule has 6 aromatic rings. The molecule has 0 fully saturated rings. The summed E-state index contributed by atoms with van der Waals surface area (Å²) in [4.78, 5) is 74.7. The fourth-order valence-corrected chi connectivity index (χ4v) is 7.22. The molecule has 2 heterocycles. The van der Waals surface area contributed by atoms with Gasteiger partial charge in [0, 0.05) is 23.7 Å². The van der Waals surface area contributed by atoms with E-state index in [1.807, 2.05) is 0 Å². The Balaban J connectivity index is 1.64. The molecule has 0 aliphatic rings. The summed E-state index contributed by atoms with van der Waals surface area (Å²) in [6.45, 7) is -0.161.